The molecule has 1 rings (SSSR count). The highest BCUT2D eigenvalue weighted by molar-refractivity contribution is 5.81. The van der Waals surface area contributed by atoms with Gasteiger partial charge in [0.25, 0.3) is 0 Å². The summed E-state index contributed by atoms with van der Waals surface area (Å²) < 4.78 is 0. The molecule has 0 amide bonds. The molecular formula is C14H22O3. The number of carboxylic acids is 1. The van der Waals surface area contributed by atoms with Gasteiger partial charge in [-0.25, -0.2) is 0 Å². The van der Waals surface area contributed by atoms with E-state index < -0.39 is 5.97 Å². The molecular weight excluding hydrogens is 216 g/mol. The number of aliphatic carboxylic acids is 1. The zero-order valence-corrected chi connectivity index (χ0v) is 10.5. The average Bonchev–Trinajstić information content (AvgIpc) is 2.59. The Morgan fingerprint density at radius 2 is 2.06 bits per heavy atom. The Morgan fingerprint density at radius 3 is 2.71 bits per heavy atom. The lowest BCUT2D eigenvalue weighted by Crippen LogP contribution is -2.08. The summed E-state index contributed by atoms with van der Waals surface area (Å²) in [6, 6.07) is 0. The zero-order valence-electron chi connectivity index (χ0n) is 10.5. The van der Waals surface area contributed by atoms with E-state index in [2.05, 4.69) is 19.1 Å². The Bertz CT molecular complexity index is 294. The third-order valence-electron chi connectivity index (χ3n) is 3.45. The van der Waals surface area contributed by atoms with Crippen LogP contribution in [0.15, 0.2) is 12.2 Å². The summed E-state index contributed by atoms with van der Waals surface area (Å²) in [4.78, 5) is 21.9. The molecule has 0 radical (unpaired) electrons. The van der Waals surface area contributed by atoms with Crippen molar-refractivity contribution in [3.63, 3.8) is 0 Å². The maximum absolute atomic E-state index is 11.5. The molecule has 17 heavy (non-hydrogen) atoms. The lowest BCUT2D eigenvalue weighted by molar-refractivity contribution is -0.137. The summed E-state index contributed by atoms with van der Waals surface area (Å²) in [5.41, 5.74) is 0. The highest BCUT2D eigenvalue weighted by Gasteiger charge is 2.31. The van der Waals surface area contributed by atoms with Crippen LogP contribution in [-0.2, 0) is 9.59 Å². The topological polar surface area (TPSA) is 54.4 Å². The van der Waals surface area contributed by atoms with Gasteiger partial charge >= 0.3 is 5.97 Å². The van der Waals surface area contributed by atoms with Crippen molar-refractivity contribution in [1.29, 1.82) is 0 Å². The van der Waals surface area contributed by atoms with Crippen molar-refractivity contribution >= 4 is 11.8 Å². The van der Waals surface area contributed by atoms with Gasteiger partial charge in [-0.15, -0.1) is 0 Å². The minimum atomic E-state index is -0.739. The van der Waals surface area contributed by atoms with E-state index in [9.17, 15) is 9.59 Å². The van der Waals surface area contributed by atoms with Crippen LogP contribution in [0.4, 0.5) is 0 Å². The molecule has 2 atom stereocenters. The van der Waals surface area contributed by atoms with Crippen LogP contribution in [-0.4, -0.2) is 16.9 Å². The van der Waals surface area contributed by atoms with Crippen molar-refractivity contribution in [3.8, 4) is 0 Å². The second-order valence-corrected chi connectivity index (χ2v) is 4.87. The Hall–Kier alpha value is -1.12. The molecule has 0 heterocycles. The highest BCUT2D eigenvalue weighted by Crippen LogP contribution is 2.35. The fraction of sp³-hybridized carbons (Fsp3) is 0.714. The first kappa shape index (κ1) is 13.9. The first-order valence-electron chi connectivity index (χ1n) is 6.52. The van der Waals surface area contributed by atoms with E-state index in [-0.39, 0.29) is 6.42 Å². The van der Waals surface area contributed by atoms with Crippen LogP contribution in [0.25, 0.3) is 0 Å². The van der Waals surface area contributed by atoms with Crippen LogP contribution in [0.1, 0.15) is 51.9 Å². The molecule has 0 aromatic rings. The van der Waals surface area contributed by atoms with E-state index in [4.69, 9.17) is 5.11 Å². The van der Waals surface area contributed by atoms with E-state index >= 15 is 0 Å². The number of ketones is 1. The van der Waals surface area contributed by atoms with E-state index in [0.717, 1.165) is 19.3 Å². The number of carboxylic acid groups (broad SMARTS) is 1. The highest BCUT2D eigenvalue weighted by atomic mass is 16.4. The van der Waals surface area contributed by atoms with Gasteiger partial charge in [0.15, 0.2) is 0 Å². The minimum Gasteiger partial charge on any atom is -0.481 e. The van der Waals surface area contributed by atoms with Crippen LogP contribution >= 0.6 is 0 Å². The van der Waals surface area contributed by atoms with Gasteiger partial charge in [-0.2, -0.15) is 0 Å². The predicted molar refractivity (Wildman–Crippen MR) is 66.8 cm³/mol. The summed E-state index contributed by atoms with van der Waals surface area (Å²) in [6.45, 7) is 2.10. The zero-order chi connectivity index (χ0) is 12.7. The van der Waals surface area contributed by atoms with Crippen LogP contribution in [0.2, 0.25) is 0 Å². The third-order valence-corrected chi connectivity index (χ3v) is 3.45. The predicted octanol–water partition coefficient (Wildman–Crippen LogP) is 3.19. The quantitative estimate of drug-likeness (QED) is 0.693. The van der Waals surface area contributed by atoms with Gasteiger partial charge in [0, 0.05) is 19.3 Å². The summed E-state index contributed by atoms with van der Waals surface area (Å²) in [5.74, 6) is 0.458. The number of rotatable bonds is 7. The molecule has 1 aliphatic carbocycles. The van der Waals surface area contributed by atoms with Crippen molar-refractivity contribution < 1.29 is 14.7 Å². The number of allylic oxidation sites excluding steroid dienone is 2. The number of carbonyl (C=O) groups is 2. The summed E-state index contributed by atoms with van der Waals surface area (Å²) in [5, 5.41) is 8.60. The molecule has 1 saturated carbocycles. The summed E-state index contributed by atoms with van der Waals surface area (Å²) in [7, 11) is 0. The van der Waals surface area contributed by atoms with Gasteiger partial charge in [0.05, 0.1) is 0 Å². The van der Waals surface area contributed by atoms with Crippen LogP contribution in [0.3, 0.4) is 0 Å². The molecule has 3 nitrogen and oxygen atoms in total. The molecule has 0 aliphatic heterocycles. The fourth-order valence-corrected chi connectivity index (χ4v) is 2.57. The van der Waals surface area contributed by atoms with Gasteiger partial charge < -0.3 is 5.11 Å². The molecule has 0 bridgehead atoms. The molecule has 1 N–H and O–H groups in total. The van der Waals surface area contributed by atoms with Crippen molar-refractivity contribution in [1.82, 2.24) is 0 Å². The number of carbonyl (C=O) groups excluding carboxylic acids is 1. The summed E-state index contributed by atoms with van der Waals surface area (Å²) in [6.07, 6.45) is 9.44. The maximum atomic E-state index is 11.5. The van der Waals surface area contributed by atoms with Crippen LogP contribution in [0, 0.1) is 11.8 Å². The maximum Gasteiger partial charge on any atom is 0.303 e. The Labute approximate surface area is 103 Å². The molecule has 96 valence electrons. The first-order chi connectivity index (χ1) is 8.13. The smallest absolute Gasteiger partial charge is 0.303 e. The third kappa shape index (κ3) is 5.16. The molecule has 3 heteroatoms. The average molecular weight is 238 g/mol. The lowest BCUT2D eigenvalue weighted by atomic mass is 9.88. The van der Waals surface area contributed by atoms with Crippen LogP contribution < -0.4 is 0 Å². The van der Waals surface area contributed by atoms with E-state index in [0.29, 0.717) is 36.9 Å². The standard InChI is InChI=1S/C14H22O3/c1-2-3-4-6-11-9-13(15)10-12(11)7-5-8-14(16)17/h3-4,11-12H,2,5-10H2,1H3,(H,16,17). The Kier molecular flexibility index (Phi) is 5.95. The van der Waals surface area contributed by atoms with Crippen molar-refractivity contribution in [2.75, 3.05) is 0 Å². The molecule has 0 saturated heterocycles. The van der Waals surface area contributed by atoms with Crippen molar-refractivity contribution in [2.24, 2.45) is 11.8 Å². The minimum absolute atomic E-state index is 0.224. The van der Waals surface area contributed by atoms with Crippen molar-refractivity contribution in [3.05, 3.63) is 12.2 Å². The van der Waals surface area contributed by atoms with Gasteiger partial charge in [-0.3, -0.25) is 9.59 Å². The van der Waals surface area contributed by atoms with E-state index in [1.165, 1.54) is 0 Å². The Morgan fingerprint density at radius 1 is 1.35 bits per heavy atom. The molecule has 1 aliphatic rings. The fourth-order valence-electron chi connectivity index (χ4n) is 2.57. The van der Waals surface area contributed by atoms with Crippen LogP contribution in [0.5, 0.6) is 0 Å². The number of Topliss-reactive ketones (excluding diaryl/α,β-unsaturated/α-hetero) is 1. The first-order valence-corrected chi connectivity index (χ1v) is 6.52. The molecule has 0 spiro atoms. The SMILES string of the molecule is CCC=CCC1CC(=O)CC1CCCC(=O)O. The van der Waals surface area contributed by atoms with Gasteiger partial charge in [-0.1, -0.05) is 19.1 Å². The molecule has 1 fully saturated rings. The normalized spacial score (nSPS) is 24.6. The molecule has 2 unspecified atom stereocenters. The second kappa shape index (κ2) is 7.25. The second-order valence-electron chi connectivity index (χ2n) is 4.87. The number of hydrogen-bond acceptors (Lipinski definition) is 2. The summed E-state index contributed by atoms with van der Waals surface area (Å²) >= 11 is 0. The number of hydrogen-bond donors (Lipinski definition) is 1. The van der Waals surface area contributed by atoms with Crippen molar-refractivity contribution in [2.45, 2.75) is 51.9 Å². The Balaban J connectivity index is 2.36. The molecule has 0 aromatic carbocycles. The lowest BCUT2D eigenvalue weighted by Gasteiger charge is -2.16. The van der Waals surface area contributed by atoms with Gasteiger partial charge in [0.2, 0.25) is 0 Å². The van der Waals surface area contributed by atoms with Gasteiger partial charge in [0.1, 0.15) is 5.78 Å². The van der Waals surface area contributed by atoms with E-state index in [1.807, 2.05) is 0 Å². The largest absolute Gasteiger partial charge is 0.481 e. The molecule has 0 aromatic heterocycles. The van der Waals surface area contributed by atoms with Gasteiger partial charge in [-0.05, 0) is 37.5 Å². The van der Waals surface area contributed by atoms with E-state index in [1.54, 1.807) is 0 Å². The monoisotopic (exact) mass is 238 g/mol.